The molecule has 0 aliphatic rings. The second-order valence-corrected chi connectivity index (χ2v) is 2.67. The molecule has 0 aliphatic heterocycles. The van der Waals surface area contributed by atoms with Crippen LogP contribution in [0.5, 0.6) is 0 Å². The van der Waals surface area contributed by atoms with E-state index in [0.29, 0.717) is 0 Å². The quantitative estimate of drug-likeness (QED) is 0.506. The largest absolute Gasteiger partial charge is 2.00 e. The van der Waals surface area contributed by atoms with Crippen LogP contribution in [0.1, 0.15) is 12.0 Å². The second kappa shape index (κ2) is 8.36. The van der Waals surface area contributed by atoms with Crippen LogP contribution in [0.3, 0.4) is 0 Å². The molecule has 0 nitrogen and oxygen atoms in total. The first-order valence-corrected chi connectivity index (χ1v) is 3.74. The third kappa shape index (κ3) is 5.41. The fourth-order valence-electron chi connectivity index (χ4n) is 0.897. The minimum absolute atomic E-state index is 0. The van der Waals surface area contributed by atoms with Crippen LogP contribution in [-0.2, 0) is 6.42 Å². The minimum atomic E-state index is 0. The number of hydrogen-bond acceptors (Lipinski definition) is 0. The summed E-state index contributed by atoms with van der Waals surface area (Å²) >= 11 is 5.76. The van der Waals surface area contributed by atoms with E-state index in [1.807, 2.05) is 18.2 Å². The molecule has 0 aromatic heterocycles. The fraction of sp³-hybridized carbons (Fsp3) is 0.222. The monoisotopic (exact) mass is 256 g/mol. The van der Waals surface area contributed by atoms with E-state index in [0.717, 1.165) is 17.9 Å². The van der Waals surface area contributed by atoms with E-state index in [4.69, 9.17) is 11.6 Å². The Bertz CT molecular complexity index is 215. The number of hydrogen-bond donors (Lipinski definition) is 0. The maximum Gasteiger partial charge on any atom is 2.00 e. The molecule has 62 valence electrons. The van der Waals surface area contributed by atoms with Gasteiger partial charge in [0.05, 0.1) is 0 Å². The molecule has 1 aromatic carbocycles. The van der Waals surface area contributed by atoms with E-state index in [2.05, 4.69) is 13.0 Å². The molecule has 0 N–H and O–H groups in total. The molecule has 0 saturated carbocycles. The van der Waals surface area contributed by atoms with Gasteiger partial charge in [-0.15, -0.1) is 0 Å². The van der Waals surface area contributed by atoms with Crippen molar-refractivity contribution >= 4 is 34.7 Å². The zero-order valence-electron chi connectivity index (χ0n) is 6.89. The van der Waals surface area contributed by atoms with Gasteiger partial charge in [-0.25, -0.2) is 0 Å². The van der Waals surface area contributed by atoms with Gasteiger partial charge in [0.25, 0.3) is 0 Å². The molecule has 0 heterocycles. The normalized spacial score (nSPS) is 8.17. The third-order valence-corrected chi connectivity index (χ3v) is 1.59. The average molecular weight is 258 g/mol. The Morgan fingerprint density at radius 3 is 2.50 bits per heavy atom. The molecule has 0 unspecified atom stereocenters. The number of halogens is 2. The van der Waals surface area contributed by atoms with Crippen LogP contribution in [0, 0.1) is 6.92 Å². The molecule has 1 rings (SSSR count). The topological polar surface area (TPSA) is 0 Å². The molecule has 0 atom stereocenters. The van der Waals surface area contributed by atoms with E-state index in [1.54, 1.807) is 0 Å². The summed E-state index contributed by atoms with van der Waals surface area (Å²) in [5.74, 6) is 0. The van der Waals surface area contributed by atoms with Crippen molar-refractivity contribution < 1.29 is 17.0 Å². The molecule has 12 heavy (non-hydrogen) atoms. The van der Waals surface area contributed by atoms with Crippen LogP contribution in [-0.4, -0.2) is 23.1 Å². The summed E-state index contributed by atoms with van der Waals surface area (Å²) in [6, 6.07) is 7.89. The summed E-state index contributed by atoms with van der Waals surface area (Å²) in [7, 11) is 0. The standard InChI is InChI=1S/C9H10Cl.BrH.Mg/c1-2-4-8-5-3-6-9(10)7-8;;/h3,5-7H,1-2,4H2;1H;/q-1;;+2/p-1. The van der Waals surface area contributed by atoms with Crippen molar-refractivity contribution in [2.75, 3.05) is 0 Å². The molecule has 0 saturated heterocycles. The first-order chi connectivity index (χ1) is 4.83. The van der Waals surface area contributed by atoms with Gasteiger partial charge < -0.3 is 23.9 Å². The van der Waals surface area contributed by atoms with Crippen LogP contribution in [0.25, 0.3) is 0 Å². The van der Waals surface area contributed by atoms with Gasteiger partial charge in [-0.2, -0.15) is 6.42 Å². The van der Waals surface area contributed by atoms with Crippen molar-refractivity contribution in [2.45, 2.75) is 12.8 Å². The van der Waals surface area contributed by atoms with Crippen molar-refractivity contribution in [2.24, 2.45) is 0 Å². The van der Waals surface area contributed by atoms with Crippen LogP contribution in [0.15, 0.2) is 24.3 Å². The zero-order valence-corrected chi connectivity index (χ0v) is 10.6. The SMILES string of the molecule is [Br-].[CH2-]CCc1cccc(Cl)c1.[Mg+2]. The number of rotatable bonds is 2. The number of benzene rings is 1. The van der Waals surface area contributed by atoms with E-state index >= 15 is 0 Å². The van der Waals surface area contributed by atoms with Gasteiger partial charge in [-0.3, -0.25) is 0 Å². The molecule has 0 spiro atoms. The second-order valence-electron chi connectivity index (χ2n) is 2.23. The first-order valence-electron chi connectivity index (χ1n) is 3.36. The van der Waals surface area contributed by atoms with E-state index in [1.165, 1.54) is 5.56 Å². The predicted molar refractivity (Wildman–Crippen MR) is 50.9 cm³/mol. The molecule has 0 amide bonds. The summed E-state index contributed by atoms with van der Waals surface area (Å²) in [5, 5.41) is 0.811. The smallest absolute Gasteiger partial charge is 1.00 e. The van der Waals surface area contributed by atoms with Crippen molar-refractivity contribution in [3.8, 4) is 0 Å². The Kier molecular flexibility index (Phi) is 10.6. The Morgan fingerprint density at radius 1 is 1.33 bits per heavy atom. The van der Waals surface area contributed by atoms with Crippen LogP contribution >= 0.6 is 11.6 Å². The van der Waals surface area contributed by atoms with Crippen LogP contribution in [0.4, 0.5) is 0 Å². The van der Waals surface area contributed by atoms with Crippen molar-refractivity contribution in [3.05, 3.63) is 41.8 Å². The molecule has 0 fully saturated rings. The third-order valence-electron chi connectivity index (χ3n) is 1.35. The molecular weight excluding hydrogens is 248 g/mol. The maximum atomic E-state index is 5.76. The summed E-state index contributed by atoms with van der Waals surface area (Å²) < 4.78 is 0. The molecule has 0 bridgehead atoms. The van der Waals surface area contributed by atoms with Crippen LogP contribution in [0.2, 0.25) is 5.02 Å². The maximum absolute atomic E-state index is 5.76. The van der Waals surface area contributed by atoms with Gasteiger partial charge in [0.15, 0.2) is 0 Å². The molecular formula is C9H10BrClMg. The Hall–Kier alpha value is 0.756. The molecule has 0 aliphatic carbocycles. The average Bonchev–Trinajstić information content (AvgIpc) is 1.88. The Balaban J connectivity index is 0. The van der Waals surface area contributed by atoms with E-state index < -0.39 is 0 Å². The van der Waals surface area contributed by atoms with Gasteiger partial charge in [-0.1, -0.05) is 30.2 Å². The summed E-state index contributed by atoms with van der Waals surface area (Å²) in [5.41, 5.74) is 1.27. The first kappa shape index (κ1) is 15.2. The molecule has 3 heteroatoms. The number of aryl methyl sites for hydroxylation is 1. The fourth-order valence-corrected chi connectivity index (χ4v) is 1.11. The van der Waals surface area contributed by atoms with E-state index in [-0.39, 0.29) is 40.0 Å². The van der Waals surface area contributed by atoms with Gasteiger partial charge in [0.1, 0.15) is 0 Å². The van der Waals surface area contributed by atoms with E-state index in [9.17, 15) is 0 Å². The Labute approximate surface area is 106 Å². The summed E-state index contributed by atoms with van der Waals surface area (Å²) in [6.45, 7) is 3.77. The van der Waals surface area contributed by atoms with Crippen molar-refractivity contribution in [1.29, 1.82) is 0 Å². The van der Waals surface area contributed by atoms with Crippen molar-refractivity contribution in [3.63, 3.8) is 0 Å². The molecule has 0 radical (unpaired) electrons. The minimum Gasteiger partial charge on any atom is -1.00 e. The van der Waals surface area contributed by atoms with Gasteiger partial charge in [0.2, 0.25) is 0 Å². The predicted octanol–water partition coefficient (Wildman–Crippen LogP) is -0.270. The van der Waals surface area contributed by atoms with Crippen LogP contribution < -0.4 is 17.0 Å². The van der Waals surface area contributed by atoms with Gasteiger partial charge in [-0.05, 0) is 17.7 Å². The van der Waals surface area contributed by atoms with Gasteiger partial charge >= 0.3 is 23.1 Å². The molecule has 1 aromatic rings. The Morgan fingerprint density at radius 2 is 2.00 bits per heavy atom. The summed E-state index contributed by atoms with van der Waals surface area (Å²) in [4.78, 5) is 0. The summed E-state index contributed by atoms with van der Waals surface area (Å²) in [6.07, 6.45) is 1.95. The zero-order chi connectivity index (χ0) is 7.40. The van der Waals surface area contributed by atoms with Crippen molar-refractivity contribution in [1.82, 2.24) is 0 Å². The van der Waals surface area contributed by atoms with Gasteiger partial charge in [0, 0.05) is 5.02 Å².